The lowest BCUT2D eigenvalue weighted by atomic mass is 9.83. The first kappa shape index (κ1) is 14.3. The van der Waals surface area contributed by atoms with Crippen molar-refractivity contribution < 1.29 is 5.11 Å². The monoisotopic (exact) mass is 284 g/mol. The third-order valence-electron chi connectivity index (χ3n) is 4.78. The molecule has 21 heavy (non-hydrogen) atoms. The molecule has 1 atom stereocenters. The van der Waals surface area contributed by atoms with E-state index in [1.807, 2.05) is 41.1 Å². The average molecular weight is 284 g/mol. The van der Waals surface area contributed by atoms with Crippen molar-refractivity contribution in [2.24, 2.45) is 5.41 Å². The Kier molecular flexibility index (Phi) is 3.62. The van der Waals surface area contributed by atoms with Crippen LogP contribution in [0.2, 0.25) is 0 Å². The van der Waals surface area contributed by atoms with Crippen LogP contribution in [0.3, 0.4) is 0 Å². The molecule has 1 aliphatic carbocycles. The Morgan fingerprint density at radius 2 is 1.76 bits per heavy atom. The standard InChI is InChI=1S/C18H24N2O/c1-17(2)10-6-11-18(21,13-12-17)16-9-14-19-20(16)15-7-4-3-5-8-15/h3-5,7-9,14,21H,6,10-13H2,1-2H3. The van der Waals surface area contributed by atoms with Crippen LogP contribution in [0.1, 0.15) is 51.6 Å². The van der Waals surface area contributed by atoms with Crippen LogP contribution in [-0.4, -0.2) is 14.9 Å². The Labute approximate surface area is 126 Å². The molecule has 2 aromatic rings. The first-order valence-corrected chi connectivity index (χ1v) is 7.83. The van der Waals surface area contributed by atoms with Gasteiger partial charge in [0, 0.05) is 6.20 Å². The van der Waals surface area contributed by atoms with E-state index in [0.717, 1.165) is 37.1 Å². The highest BCUT2D eigenvalue weighted by molar-refractivity contribution is 5.34. The smallest absolute Gasteiger partial charge is 0.107 e. The Morgan fingerprint density at radius 1 is 1.00 bits per heavy atom. The number of rotatable bonds is 2. The summed E-state index contributed by atoms with van der Waals surface area (Å²) in [6, 6.07) is 12.0. The van der Waals surface area contributed by atoms with Crippen LogP contribution in [0, 0.1) is 5.41 Å². The van der Waals surface area contributed by atoms with E-state index in [9.17, 15) is 5.11 Å². The maximum atomic E-state index is 11.2. The fourth-order valence-electron chi connectivity index (χ4n) is 3.34. The van der Waals surface area contributed by atoms with Crippen molar-refractivity contribution in [3.05, 3.63) is 48.3 Å². The molecule has 1 aromatic heterocycles. The minimum absolute atomic E-state index is 0.322. The zero-order valence-electron chi connectivity index (χ0n) is 12.9. The molecule has 112 valence electrons. The van der Waals surface area contributed by atoms with Crippen molar-refractivity contribution >= 4 is 0 Å². The number of benzene rings is 1. The van der Waals surface area contributed by atoms with Gasteiger partial charge in [0.25, 0.3) is 0 Å². The minimum atomic E-state index is -0.764. The number of nitrogens with zero attached hydrogens (tertiary/aromatic N) is 2. The molecule has 1 aromatic carbocycles. The van der Waals surface area contributed by atoms with E-state index in [2.05, 4.69) is 18.9 Å². The zero-order valence-corrected chi connectivity index (χ0v) is 12.9. The number of para-hydroxylation sites is 1. The van der Waals surface area contributed by atoms with E-state index < -0.39 is 5.60 Å². The van der Waals surface area contributed by atoms with Crippen LogP contribution in [0.15, 0.2) is 42.6 Å². The third kappa shape index (κ3) is 2.88. The molecule has 0 aliphatic heterocycles. The Hall–Kier alpha value is -1.61. The lowest BCUT2D eigenvalue weighted by Crippen LogP contribution is -2.28. The maximum absolute atomic E-state index is 11.2. The number of hydrogen-bond acceptors (Lipinski definition) is 2. The molecule has 1 unspecified atom stereocenters. The maximum Gasteiger partial charge on any atom is 0.107 e. The minimum Gasteiger partial charge on any atom is -0.384 e. The summed E-state index contributed by atoms with van der Waals surface area (Å²) in [6.45, 7) is 4.60. The van der Waals surface area contributed by atoms with Gasteiger partial charge < -0.3 is 5.11 Å². The van der Waals surface area contributed by atoms with Gasteiger partial charge in [-0.05, 0) is 55.7 Å². The molecule has 1 heterocycles. The fourth-order valence-corrected chi connectivity index (χ4v) is 3.34. The first-order chi connectivity index (χ1) is 10.0. The van der Waals surface area contributed by atoms with Crippen LogP contribution >= 0.6 is 0 Å². The highest BCUT2D eigenvalue weighted by Gasteiger charge is 2.37. The van der Waals surface area contributed by atoms with Crippen LogP contribution < -0.4 is 0 Å². The summed E-state index contributed by atoms with van der Waals surface area (Å²) in [5.74, 6) is 0. The molecule has 0 bridgehead atoms. The van der Waals surface area contributed by atoms with Gasteiger partial charge in [-0.2, -0.15) is 5.10 Å². The summed E-state index contributed by atoms with van der Waals surface area (Å²) >= 11 is 0. The number of aliphatic hydroxyl groups is 1. The quantitative estimate of drug-likeness (QED) is 0.845. The summed E-state index contributed by atoms with van der Waals surface area (Å²) in [7, 11) is 0. The van der Waals surface area contributed by atoms with E-state index in [0.29, 0.717) is 5.41 Å². The Balaban J connectivity index is 1.96. The van der Waals surface area contributed by atoms with E-state index >= 15 is 0 Å². The van der Waals surface area contributed by atoms with Gasteiger partial charge in [-0.25, -0.2) is 4.68 Å². The van der Waals surface area contributed by atoms with Gasteiger partial charge in [-0.1, -0.05) is 32.0 Å². The van der Waals surface area contributed by atoms with E-state index in [4.69, 9.17) is 0 Å². The van der Waals surface area contributed by atoms with Crippen molar-refractivity contribution in [1.82, 2.24) is 9.78 Å². The zero-order chi connectivity index (χ0) is 14.9. The summed E-state index contributed by atoms with van der Waals surface area (Å²) in [5.41, 5.74) is 1.49. The summed E-state index contributed by atoms with van der Waals surface area (Å²) in [5, 5.41) is 15.7. The fraction of sp³-hybridized carbons (Fsp3) is 0.500. The van der Waals surface area contributed by atoms with Gasteiger partial charge in [-0.15, -0.1) is 0 Å². The summed E-state index contributed by atoms with van der Waals surface area (Å²) in [6.07, 6.45) is 6.69. The molecule has 1 N–H and O–H groups in total. The molecule has 3 heteroatoms. The van der Waals surface area contributed by atoms with Gasteiger partial charge >= 0.3 is 0 Å². The second kappa shape index (κ2) is 5.30. The summed E-state index contributed by atoms with van der Waals surface area (Å²) in [4.78, 5) is 0. The van der Waals surface area contributed by atoms with Crippen molar-refractivity contribution in [3.8, 4) is 5.69 Å². The topological polar surface area (TPSA) is 38.1 Å². The van der Waals surface area contributed by atoms with Crippen LogP contribution in [0.5, 0.6) is 0 Å². The molecule has 1 aliphatic rings. The average Bonchev–Trinajstić information content (AvgIpc) is 2.91. The largest absolute Gasteiger partial charge is 0.384 e. The molecular weight excluding hydrogens is 260 g/mol. The van der Waals surface area contributed by atoms with Gasteiger partial charge in [0.2, 0.25) is 0 Å². The predicted octanol–water partition coefficient (Wildman–Crippen LogP) is 4.05. The SMILES string of the molecule is CC1(C)CCCC(O)(c2ccnn2-c2ccccc2)CC1. The Bertz CT molecular complexity index is 603. The molecule has 0 amide bonds. The molecule has 3 rings (SSSR count). The molecule has 0 spiro atoms. The Morgan fingerprint density at radius 3 is 2.52 bits per heavy atom. The van der Waals surface area contributed by atoms with Gasteiger partial charge in [-0.3, -0.25) is 0 Å². The summed E-state index contributed by atoms with van der Waals surface area (Å²) < 4.78 is 1.89. The van der Waals surface area contributed by atoms with E-state index in [1.54, 1.807) is 6.20 Å². The van der Waals surface area contributed by atoms with E-state index in [1.165, 1.54) is 6.42 Å². The molecular formula is C18H24N2O. The lowest BCUT2D eigenvalue weighted by molar-refractivity contribution is 0.0115. The highest BCUT2D eigenvalue weighted by atomic mass is 16.3. The van der Waals surface area contributed by atoms with Crippen LogP contribution in [0.25, 0.3) is 5.69 Å². The van der Waals surface area contributed by atoms with Gasteiger partial charge in [0.1, 0.15) is 5.60 Å². The normalized spacial score (nSPS) is 25.5. The second-order valence-corrected chi connectivity index (χ2v) is 7.01. The molecule has 0 saturated heterocycles. The van der Waals surface area contributed by atoms with Crippen molar-refractivity contribution in [2.45, 2.75) is 51.6 Å². The van der Waals surface area contributed by atoms with Crippen LogP contribution in [-0.2, 0) is 5.60 Å². The van der Waals surface area contributed by atoms with Crippen molar-refractivity contribution in [2.75, 3.05) is 0 Å². The van der Waals surface area contributed by atoms with Crippen LogP contribution in [0.4, 0.5) is 0 Å². The molecule has 0 radical (unpaired) electrons. The van der Waals surface area contributed by atoms with Crippen molar-refractivity contribution in [3.63, 3.8) is 0 Å². The van der Waals surface area contributed by atoms with E-state index in [-0.39, 0.29) is 0 Å². The van der Waals surface area contributed by atoms with Crippen molar-refractivity contribution in [1.29, 1.82) is 0 Å². The van der Waals surface area contributed by atoms with Gasteiger partial charge in [0.15, 0.2) is 0 Å². The number of aromatic nitrogens is 2. The first-order valence-electron chi connectivity index (χ1n) is 7.83. The molecule has 1 fully saturated rings. The lowest BCUT2D eigenvalue weighted by Gasteiger charge is -2.28. The van der Waals surface area contributed by atoms with Gasteiger partial charge in [0.05, 0.1) is 11.4 Å². The molecule has 1 saturated carbocycles. The number of hydrogen-bond donors (Lipinski definition) is 1. The molecule has 3 nitrogen and oxygen atoms in total. The third-order valence-corrected chi connectivity index (χ3v) is 4.78. The highest BCUT2D eigenvalue weighted by Crippen LogP contribution is 2.43. The second-order valence-electron chi connectivity index (χ2n) is 7.01. The predicted molar refractivity (Wildman–Crippen MR) is 84.3 cm³/mol.